The van der Waals surface area contributed by atoms with Gasteiger partial charge in [0, 0.05) is 48.0 Å². The first-order valence-electron chi connectivity index (χ1n) is 10.1. The maximum absolute atomic E-state index is 14.6. The largest absolute Gasteiger partial charge is 0.493 e. The number of likely N-dealkylation sites (tertiary alicyclic amines) is 1. The number of hydrogen-bond acceptors (Lipinski definition) is 5. The third kappa shape index (κ3) is 4.12. The normalized spacial score (nSPS) is 20.5. The molecule has 5 nitrogen and oxygen atoms in total. The molecule has 2 atom stereocenters. The van der Waals surface area contributed by atoms with Crippen LogP contribution in [0.25, 0.3) is 0 Å². The van der Waals surface area contributed by atoms with Crippen LogP contribution in [0, 0.1) is 25.6 Å². The summed E-state index contributed by atoms with van der Waals surface area (Å²) in [6.45, 7) is 9.07. The lowest BCUT2D eigenvalue weighted by molar-refractivity contribution is 0.0974. The number of aryl methyl sites for hydroxylation is 2. The van der Waals surface area contributed by atoms with Gasteiger partial charge in [-0.1, -0.05) is 0 Å². The summed E-state index contributed by atoms with van der Waals surface area (Å²) in [6.07, 6.45) is 2.94. The van der Waals surface area contributed by atoms with Crippen LogP contribution in [0.15, 0.2) is 18.2 Å². The van der Waals surface area contributed by atoms with E-state index in [1.54, 1.807) is 6.07 Å². The van der Waals surface area contributed by atoms with Gasteiger partial charge < -0.3 is 9.47 Å². The highest BCUT2D eigenvalue weighted by Gasteiger charge is 2.29. The molecule has 1 fully saturated rings. The molecule has 0 radical (unpaired) electrons. The SMILES string of the molecule is Cc1cc(OC[C@H]2CCCN([C@H](C)c3nc4c(cc3F)CCO4)C2)cc(C)n1. The predicted molar refractivity (Wildman–Crippen MR) is 105 cm³/mol. The molecule has 0 N–H and O–H groups in total. The minimum Gasteiger partial charge on any atom is -0.493 e. The lowest BCUT2D eigenvalue weighted by Gasteiger charge is -2.36. The number of nitrogens with zero attached hydrogens (tertiary/aromatic N) is 3. The Morgan fingerprint density at radius 1 is 1.25 bits per heavy atom. The highest BCUT2D eigenvalue weighted by atomic mass is 19.1. The van der Waals surface area contributed by atoms with Crippen LogP contribution in [0.3, 0.4) is 0 Å². The molecule has 0 amide bonds. The molecule has 150 valence electrons. The van der Waals surface area contributed by atoms with Crippen LogP contribution in [0.2, 0.25) is 0 Å². The number of aromatic nitrogens is 2. The minimum absolute atomic E-state index is 0.0808. The zero-order chi connectivity index (χ0) is 19.7. The molecule has 0 spiro atoms. The van der Waals surface area contributed by atoms with Crippen molar-refractivity contribution >= 4 is 0 Å². The van der Waals surface area contributed by atoms with Gasteiger partial charge in [0.05, 0.1) is 24.9 Å². The number of piperidine rings is 1. The Kier molecular flexibility index (Phi) is 5.49. The van der Waals surface area contributed by atoms with Crippen molar-refractivity contribution in [3.8, 4) is 11.6 Å². The van der Waals surface area contributed by atoms with Crippen molar-refractivity contribution in [2.24, 2.45) is 5.92 Å². The standard InChI is InChI=1S/C22H28FN3O2/c1-14-9-19(10-15(2)24-14)28-13-17-5-4-7-26(12-17)16(3)21-20(23)11-18-6-8-27-22(18)25-21/h9-11,16-17H,4-8,12-13H2,1-3H3/t16-,17+/m1/s1. The fourth-order valence-corrected chi connectivity index (χ4v) is 4.23. The highest BCUT2D eigenvalue weighted by molar-refractivity contribution is 5.33. The molecule has 2 aromatic rings. The van der Waals surface area contributed by atoms with Gasteiger partial charge in [0.25, 0.3) is 0 Å². The van der Waals surface area contributed by atoms with E-state index in [2.05, 4.69) is 14.9 Å². The topological polar surface area (TPSA) is 47.5 Å². The Hall–Kier alpha value is -2.21. The van der Waals surface area contributed by atoms with E-state index in [4.69, 9.17) is 9.47 Å². The van der Waals surface area contributed by atoms with Crippen LogP contribution in [-0.2, 0) is 6.42 Å². The average Bonchev–Trinajstić information content (AvgIpc) is 3.12. The van der Waals surface area contributed by atoms with Crippen molar-refractivity contribution in [1.82, 2.24) is 14.9 Å². The second kappa shape index (κ2) is 8.03. The molecule has 4 heterocycles. The smallest absolute Gasteiger partial charge is 0.217 e. The van der Waals surface area contributed by atoms with Gasteiger partial charge in [-0.3, -0.25) is 9.88 Å². The number of pyridine rings is 2. The summed E-state index contributed by atoms with van der Waals surface area (Å²) in [4.78, 5) is 11.2. The van der Waals surface area contributed by atoms with E-state index in [0.717, 1.165) is 55.1 Å². The zero-order valence-corrected chi connectivity index (χ0v) is 16.9. The predicted octanol–water partition coefficient (Wildman–Crippen LogP) is 4.02. The molecule has 2 aliphatic rings. The summed E-state index contributed by atoms with van der Waals surface area (Å²) in [5.74, 6) is 1.67. The first-order chi connectivity index (χ1) is 13.5. The molecule has 6 heteroatoms. The lowest BCUT2D eigenvalue weighted by Crippen LogP contribution is -2.39. The monoisotopic (exact) mass is 385 g/mol. The van der Waals surface area contributed by atoms with E-state index < -0.39 is 0 Å². The molecule has 0 saturated carbocycles. The van der Waals surface area contributed by atoms with Gasteiger partial charge in [0.15, 0.2) is 0 Å². The quantitative estimate of drug-likeness (QED) is 0.778. The Morgan fingerprint density at radius 2 is 2.04 bits per heavy atom. The minimum atomic E-state index is -0.224. The van der Waals surface area contributed by atoms with Crippen molar-refractivity contribution in [3.05, 3.63) is 46.7 Å². The van der Waals surface area contributed by atoms with E-state index in [1.165, 1.54) is 0 Å². The molecular weight excluding hydrogens is 357 g/mol. The summed E-state index contributed by atoms with van der Waals surface area (Å²) in [5, 5.41) is 0. The van der Waals surface area contributed by atoms with Gasteiger partial charge in [-0.2, -0.15) is 0 Å². The van der Waals surface area contributed by atoms with E-state index >= 15 is 0 Å². The van der Waals surface area contributed by atoms with E-state index in [-0.39, 0.29) is 11.9 Å². The molecule has 4 rings (SSSR count). The number of hydrogen-bond donors (Lipinski definition) is 0. The number of fused-ring (bicyclic) bond motifs is 1. The van der Waals surface area contributed by atoms with Gasteiger partial charge in [0.2, 0.25) is 5.88 Å². The maximum atomic E-state index is 14.6. The van der Waals surface area contributed by atoms with E-state index in [0.29, 0.717) is 30.7 Å². The second-order valence-electron chi connectivity index (χ2n) is 7.99. The second-order valence-corrected chi connectivity index (χ2v) is 7.99. The molecule has 1 saturated heterocycles. The molecule has 0 aromatic carbocycles. The molecule has 2 aromatic heterocycles. The summed E-state index contributed by atoms with van der Waals surface area (Å²) in [7, 11) is 0. The van der Waals surface area contributed by atoms with Crippen molar-refractivity contribution in [3.63, 3.8) is 0 Å². The van der Waals surface area contributed by atoms with Gasteiger partial charge in [-0.25, -0.2) is 9.37 Å². The van der Waals surface area contributed by atoms with Gasteiger partial charge in [-0.05, 0) is 46.2 Å². The van der Waals surface area contributed by atoms with Crippen molar-refractivity contribution in [1.29, 1.82) is 0 Å². The molecule has 0 aliphatic carbocycles. The summed E-state index contributed by atoms with van der Waals surface area (Å²) in [6, 6.07) is 5.46. The molecule has 0 bridgehead atoms. The van der Waals surface area contributed by atoms with Crippen molar-refractivity contribution in [2.45, 2.75) is 46.1 Å². The third-order valence-corrected chi connectivity index (χ3v) is 5.69. The molecule has 2 aliphatic heterocycles. The zero-order valence-electron chi connectivity index (χ0n) is 16.9. The lowest BCUT2D eigenvalue weighted by atomic mass is 9.96. The van der Waals surface area contributed by atoms with Crippen LogP contribution in [-0.4, -0.2) is 41.2 Å². The Labute approximate surface area is 165 Å². The Balaban J connectivity index is 1.41. The van der Waals surface area contributed by atoms with Gasteiger partial charge in [-0.15, -0.1) is 0 Å². The fourth-order valence-electron chi connectivity index (χ4n) is 4.23. The van der Waals surface area contributed by atoms with Crippen LogP contribution < -0.4 is 9.47 Å². The van der Waals surface area contributed by atoms with E-state index in [9.17, 15) is 4.39 Å². The van der Waals surface area contributed by atoms with E-state index in [1.807, 2.05) is 32.9 Å². The highest BCUT2D eigenvalue weighted by Crippen LogP contribution is 2.32. The summed E-state index contributed by atoms with van der Waals surface area (Å²) < 4.78 is 26.2. The third-order valence-electron chi connectivity index (χ3n) is 5.69. The van der Waals surface area contributed by atoms with Gasteiger partial charge in [0.1, 0.15) is 11.6 Å². The van der Waals surface area contributed by atoms with Crippen LogP contribution in [0.4, 0.5) is 4.39 Å². The van der Waals surface area contributed by atoms with Crippen LogP contribution in [0.1, 0.15) is 48.5 Å². The number of rotatable bonds is 5. The number of halogens is 1. The van der Waals surface area contributed by atoms with Crippen LogP contribution >= 0.6 is 0 Å². The fraction of sp³-hybridized carbons (Fsp3) is 0.545. The molecular formula is C22H28FN3O2. The first-order valence-corrected chi connectivity index (χ1v) is 10.1. The number of ether oxygens (including phenoxy) is 2. The molecule has 28 heavy (non-hydrogen) atoms. The van der Waals surface area contributed by atoms with Gasteiger partial charge >= 0.3 is 0 Å². The molecule has 0 unspecified atom stereocenters. The first kappa shape index (κ1) is 19.1. The average molecular weight is 385 g/mol. The van der Waals surface area contributed by atoms with Crippen molar-refractivity contribution in [2.75, 3.05) is 26.3 Å². The Morgan fingerprint density at radius 3 is 2.82 bits per heavy atom. The van der Waals surface area contributed by atoms with Crippen molar-refractivity contribution < 1.29 is 13.9 Å². The Bertz CT molecular complexity index is 838. The summed E-state index contributed by atoms with van der Waals surface area (Å²) >= 11 is 0. The maximum Gasteiger partial charge on any atom is 0.217 e. The summed E-state index contributed by atoms with van der Waals surface area (Å²) in [5.41, 5.74) is 3.30. The van der Waals surface area contributed by atoms with Crippen LogP contribution in [0.5, 0.6) is 11.6 Å².